The topological polar surface area (TPSA) is 81.6 Å². The van der Waals surface area contributed by atoms with Crippen molar-refractivity contribution in [1.82, 2.24) is 5.32 Å². The van der Waals surface area contributed by atoms with Crippen LogP contribution in [0, 0.1) is 0 Å². The van der Waals surface area contributed by atoms with Crippen molar-refractivity contribution in [1.29, 1.82) is 0 Å². The fraction of sp³-hybridized carbons (Fsp3) is 0.154. The summed E-state index contributed by atoms with van der Waals surface area (Å²) in [6.07, 6.45) is 3.70. The maximum Gasteiger partial charge on any atom is 0.319 e. The van der Waals surface area contributed by atoms with Crippen molar-refractivity contribution in [3.05, 3.63) is 46.2 Å². The van der Waals surface area contributed by atoms with Gasteiger partial charge in [-0.25, -0.2) is 4.79 Å². The molecule has 0 fully saturated rings. The molecular formula is C13H14N2O3S2. The van der Waals surface area contributed by atoms with Crippen molar-refractivity contribution in [3.63, 3.8) is 0 Å². The third-order valence-electron chi connectivity index (χ3n) is 2.44. The number of benzene rings is 1. The fourth-order valence-electron chi connectivity index (χ4n) is 1.43. The summed E-state index contributed by atoms with van der Waals surface area (Å²) >= 11 is 0. The first-order chi connectivity index (χ1) is 9.69. The molecule has 0 aliphatic carbocycles. The number of hydrogen-bond donors (Lipinski definition) is 4. The number of aliphatic hydroxyl groups excluding tert-OH is 1. The van der Waals surface area contributed by atoms with E-state index >= 15 is 0 Å². The Balaban J connectivity index is 1.83. The second-order valence-electron chi connectivity index (χ2n) is 3.92. The Morgan fingerprint density at radius 1 is 1.15 bits per heavy atom. The largest absolute Gasteiger partial charge is 0.506 e. The SMILES string of the molecule is O=C(NCC1=CC=C(CO)SS1)Nc1ccccc1O. The second-order valence-corrected chi connectivity index (χ2v) is 6.30. The van der Waals surface area contributed by atoms with Crippen LogP contribution in [0.5, 0.6) is 5.75 Å². The van der Waals surface area contributed by atoms with Gasteiger partial charge in [-0.1, -0.05) is 33.7 Å². The Bertz CT molecular complexity index is 558. The van der Waals surface area contributed by atoms with Gasteiger partial charge < -0.3 is 20.8 Å². The third-order valence-corrected chi connectivity index (χ3v) is 5.03. The summed E-state index contributed by atoms with van der Waals surface area (Å²) in [4.78, 5) is 13.6. The quantitative estimate of drug-likeness (QED) is 0.508. The van der Waals surface area contributed by atoms with E-state index in [-0.39, 0.29) is 18.4 Å². The van der Waals surface area contributed by atoms with Crippen LogP contribution in [0.2, 0.25) is 0 Å². The molecule has 1 heterocycles. The van der Waals surface area contributed by atoms with Crippen LogP contribution in [0.25, 0.3) is 0 Å². The number of anilines is 1. The van der Waals surface area contributed by atoms with Crippen LogP contribution < -0.4 is 10.6 Å². The minimum atomic E-state index is -0.380. The number of hydrogen-bond acceptors (Lipinski definition) is 5. The monoisotopic (exact) mass is 310 g/mol. The van der Waals surface area contributed by atoms with Crippen molar-refractivity contribution in [3.8, 4) is 5.75 Å². The summed E-state index contributed by atoms with van der Waals surface area (Å²) in [5.74, 6) is 0.0278. The molecule has 1 aliphatic heterocycles. The predicted octanol–water partition coefficient (Wildman–Crippen LogP) is 2.67. The van der Waals surface area contributed by atoms with Gasteiger partial charge >= 0.3 is 6.03 Å². The van der Waals surface area contributed by atoms with Gasteiger partial charge in [-0.15, -0.1) is 0 Å². The van der Waals surface area contributed by atoms with Gasteiger partial charge in [0.2, 0.25) is 0 Å². The van der Waals surface area contributed by atoms with Crippen LogP contribution in [-0.2, 0) is 0 Å². The average Bonchev–Trinajstić information content (AvgIpc) is 2.48. The smallest absolute Gasteiger partial charge is 0.319 e. The number of amides is 2. The number of para-hydroxylation sites is 2. The molecule has 0 bridgehead atoms. The zero-order chi connectivity index (χ0) is 14.4. The van der Waals surface area contributed by atoms with Crippen molar-refractivity contribution in [2.45, 2.75) is 0 Å². The van der Waals surface area contributed by atoms with E-state index in [0.717, 1.165) is 9.81 Å². The Kier molecular flexibility index (Phi) is 5.40. The van der Waals surface area contributed by atoms with Crippen LogP contribution in [0.4, 0.5) is 10.5 Å². The summed E-state index contributed by atoms with van der Waals surface area (Å²) < 4.78 is 0. The van der Waals surface area contributed by atoms with E-state index in [2.05, 4.69) is 10.6 Å². The minimum Gasteiger partial charge on any atom is -0.506 e. The summed E-state index contributed by atoms with van der Waals surface area (Å²) in [7, 11) is 2.98. The molecule has 2 amide bonds. The second kappa shape index (κ2) is 7.28. The standard InChI is InChI=1S/C13H14N2O3S2/c16-8-10-6-5-9(19-20-10)7-14-13(18)15-11-3-1-2-4-12(11)17/h1-6,16-17H,7-8H2,(H2,14,15,18). The maximum absolute atomic E-state index is 11.7. The summed E-state index contributed by atoms with van der Waals surface area (Å²) in [6, 6.07) is 6.16. The molecule has 106 valence electrons. The fourth-order valence-corrected chi connectivity index (χ4v) is 3.38. The number of carbonyl (C=O) groups excluding carboxylic acids is 1. The lowest BCUT2D eigenvalue weighted by atomic mass is 10.3. The first-order valence-electron chi connectivity index (χ1n) is 5.87. The molecule has 0 unspecified atom stereocenters. The number of urea groups is 1. The summed E-state index contributed by atoms with van der Waals surface area (Å²) in [5.41, 5.74) is 0.368. The number of nitrogens with one attached hydrogen (secondary N) is 2. The van der Waals surface area contributed by atoms with Gasteiger partial charge in [0.05, 0.1) is 18.8 Å². The van der Waals surface area contributed by atoms with Crippen LogP contribution in [0.1, 0.15) is 0 Å². The average molecular weight is 310 g/mol. The van der Waals surface area contributed by atoms with Crippen molar-refractivity contribution >= 4 is 33.3 Å². The molecule has 0 spiro atoms. The highest BCUT2D eigenvalue weighted by atomic mass is 33.1. The molecule has 5 nitrogen and oxygen atoms in total. The van der Waals surface area contributed by atoms with E-state index in [1.165, 1.54) is 27.7 Å². The van der Waals surface area contributed by atoms with E-state index in [4.69, 9.17) is 5.11 Å². The zero-order valence-electron chi connectivity index (χ0n) is 10.5. The first kappa shape index (κ1) is 14.8. The maximum atomic E-state index is 11.7. The van der Waals surface area contributed by atoms with E-state index in [9.17, 15) is 9.90 Å². The van der Waals surface area contributed by atoms with E-state index in [1.807, 2.05) is 12.2 Å². The first-order valence-corrected chi connectivity index (χ1v) is 8.02. The van der Waals surface area contributed by atoms with Gasteiger partial charge in [-0.2, -0.15) is 0 Å². The highest BCUT2D eigenvalue weighted by molar-refractivity contribution is 8.79. The molecule has 0 saturated carbocycles. The van der Waals surface area contributed by atoms with E-state index < -0.39 is 0 Å². The number of rotatable bonds is 4. The van der Waals surface area contributed by atoms with Crippen molar-refractivity contribution in [2.24, 2.45) is 0 Å². The summed E-state index contributed by atoms with van der Waals surface area (Å²) in [6.45, 7) is 0.426. The van der Waals surface area contributed by atoms with Gasteiger partial charge in [0.1, 0.15) is 5.75 Å². The Labute approximate surface area is 124 Å². The summed E-state index contributed by atoms with van der Waals surface area (Å²) in [5, 5.41) is 23.8. The van der Waals surface area contributed by atoms with Gasteiger partial charge in [-0.3, -0.25) is 0 Å². The highest BCUT2D eigenvalue weighted by Gasteiger charge is 2.09. The van der Waals surface area contributed by atoms with Crippen molar-refractivity contribution < 1.29 is 15.0 Å². The number of aliphatic hydroxyl groups is 1. The lowest BCUT2D eigenvalue weighted by Gasteiger charge is -2.13. The number of aromatic hydroxyl groups is 1. The Morgan fingerprint density at radius 2 is 1.85 bits per heavy atom. The highest BCUT2D eigenvalue weighted by Crippen LogP contribution is 2.39. The molecule has 20 heavy (non-hydrogen) atoms. The van der Waals surface area contributed by atoms with Crippen LogP contribution in [-0.4, -0.2) is 29.4 Å². The van der Waals surface area contributed by atoms with Gasteiger partial charge in [0.25, 0.3) is 0 Å². The Morgan fingerprint density at radius 3 is 2.50 bits per heavy atom. The minimum absolute atomic E-state index is 0.0278. The molecule has 0 aromatic heterocycles. The number of phenols is 1. The zero-order valence-corrected chi connectivity index (χ0v) is 12.1. The predicted molar refractivity (Wildman–Crippen MR) is 83.6 cm³/mol. The van der Waals surface area contributed by atoms with Crippen LogP contribution in [0.15, 0.2) is 46.2 Å². The lowest BCUT2D eigenvalue weighted by Crippen LogP contribution is -2.30. The van der Waals surface area contributed by atoms with Gasteiger partial charge in [0, 0.05) is 9.81 Å². The van der Waals surface area contributed by atoms with Gasteiger partial charge in [-0.05, 0) is 24.3 Å². The lowest BCUT2D eigenvalue weighted by molar-refractivity contribution is 0.253. The van der Waals surface area contributed by atoms with E-state index in [1.54, 1.807) is 18.2 Å². The van der Waals surface area contributed by atoms with Gasteiger partial charge in [0.15, 0.2) is 0 Å². The third kappa shape index (κ3) is 4.22. The molecule has 1 aromatic rings. The number of phenolic OH excluding ortho intramolecular Hbond substituents is 1. The molecule has 1 aromatic carbocycles. The Hall–Kier alpha value is -1.57. The molecular weight excluding hydrogens is 296 g/mol. The molecule has 4 N–H and O–H groups in total. The van der Waals surface area contributed by atoms with Crippen LogP contribution >= 0.6 is 21.6 Å². The molecule has 1 aliphatic rings. The molecule has 2 rings (SSSR count). The molecule has 0 atom stereocenters. The molecule has 7 heteroatoms. The molecule has 0 radical (unpaired) electrons. The number of allylic oxidation sites excluding steroid dienone is 2. The van der Waals surface area contributed by atoms with E-state index in [0.29, 0.717) is 12.2 Å². The number of carbonyl (C=O) groups is 1. The normalized spacial score (nSPS) is 14.2. The van der Waals surface area contributed by atoms with Crippen molar-refractivity contribution in [2.75, 3.05) is 18.5 Å². The van der Waals surface area contributed by atoms with Crippen LogP contribution in [0.3, 0.4) is 0 Å². The molecule has 0 saturated heterocycles.